The molecule has 0 spiro atoms. The van der Waals surface area contributed by atoms with Gasteiger partial charge in [-0.1, -0.05) is 0 Å². The average molecular weight is 493 g/mol. The van der Waals surface area contributed by atoms with Gasteiger partial charge in [0.25, 0.3) is 5.91 Å². The quantitative estimate of drug-likeness (QED) is 0.392. The molecule has 0 radical (unpaired) electrons. The normalized spacial score (nSPS) is 14.7. The van der Waals surface area contributed by atoms with Crippen LogP contribution in [0, 0.1) is 12.8 Å². The molecule has 0 atom stereocenters. The van der Waals surface area contributed by atoms with Crippen molar-refractivity contribution in [2.24, 2.45) is 5.92 Å². The van der Waals surface area contributed by atoms with Crippen molar-refractivity contribution in [1.29, 1.82) is 0 Å². The zero-order valence-electron chi connectivity index (χ0n) is 20.2. The molecule has 0 aromatic carbocycles. The molecule has 10 heteroatoms. The molecule has 10 nitrogen and oxygen atoms in total. The third-order valence-electron chi connectivity index (χ3n) is 6.43. The van der Waals surface area contributed by atoms with Gasteiger partial charge in [0.15, 0.2) is 5.82 Å². The molecular weight excluding hydrogens is 468 g/mol. The lowest BCUT2D eigenvalue weighted by atomic mass is 10.1. The first-order valence-electron chi connectivity index (χ1n) is 12.2. The van der Waals surface area contributed by atoms with Crippen LogP contribution in [0.4, 0.5) is 11.5 Å². The van der Waals surface area contributed by atoms with Crippen molar-refractivity contribution in [2.45, 2.75) is 38.5 Å². The molecule has 2 saturated carbocycles. The lowest BCUT2D eigenvalue weighted by molar-refractivity contribution is -0.117. The third kappa shape index (κ3) is 5.18. The van der Waals surface area contributed by atoms with E-state index in [1.807, 2.05) is 19.1 Å². The molecule has 0 bridgehead atoms. The van der Waals surface area contributed by atoms with Gasteiger partial charge in [0.2, 0.25) is 5.91 Å². The number of amides is 2. The number of rotatable bonds is 7. The fourth-order valence-corrected chi connectivity index (χ4v) is 4.00. The SMILES string of the molecule is Cc1ncc(NC(=O)c2cnnc(C3CC3)c2)cc1-c1nccc(-c2ccnc(NC(=O)C3CC3)c2)n1. The summed E-state index contributed by atoms with van der Waals surface area (Å²) in [6.45, 7) is 1.86. The second kappa shape index (κ2) is 9.45. The molecule has 2 aliphatic rings. The molecule has 6 rings (SSSR count). The number of pyridine rings is 2. The Morgan fingerprint density at radius 1 is 0.919 bits per heavy atom. The maximum atomic E-state index is 12.9. The zero-order valence-corrected chi connectivity index (χ0v) is 20.2. The summed E-state index contributed by atoms with van der Waals surface area (Å²) in [4.78, 5) is 42.9. The van der Waals surface area contributed by atoms with E-state index in [0.717, 1.165) is 42.6 Å². The van der Waals surface area contributed by atoms with Crippen LogP contribution in [-0.4, -0.2) is 41.9 Å². The van der Waals surface area contributed by atoms with Gasteiger partial charge in [0.05, 0.1) is 35.0 Å². The van der Waals surface area contributed by atoms with Crippen LogP contribution >= 0.6 is 0 Å². The molecule has 2 aliphatic carbocycles. The molecular formula is C27H24N8O2. The van der Waals surface area contributed by atoms with Crippen LogP contribution in [0.1, 0.15) is 53.3 Å². The van der Waals surface area contributed by atoms with Gasteiger partial charge in [0, 0.05) is 41.1 Å². The maximum Gasteiger partial charge on any atom is 0.257 e. The van der Waals surface area contributed by atoms with E-state index in [0.29, 0.717) is 40.1 Å². The summed E-state index contributed by atoms with van der Waals surface area (Å²) in [7, 11) is 0. The minimum absolute atomic E-state index is 0.0000946. The van der Waals surface area contributed by atoms with Crippen molar-refractivity contribution >= 4 is 23.3 Å². The van der Waals surface area contributed by atoms with Gasteiger partial charge in [0.1, 0.15) is 5.82 Å². The number of nitrogens with one attached hydrogen (secondary N) is 2. The highest BCUT2D eigenvalue weighted by atomic mass is 16.2. The third-order valence-corrected chi connectivity index (χ3v) is 6.43. The van der Waals surface area contributed by atoms with Gasteiger partial charge in [-0.2, -0.15) is 10.2 Å². The molecule has 0 aliphatic heterocycles. The van der Waals surface area contributed by atoms with Crippen molar-refractivity contribution in [1.82, 2.24) is 30.1 Å². The van der Waals surface area contributed by atoms with E-state index >= 15 is 0 Å². The Kier molecular flexibility index (Phi) is 5.84. The van der Waals surface area contributed by atoms with Crippen LogP contribution in [0.2, 0.25) is 0 Å². The predicted molar refractivity (Wildman–Crippen MR) is 137 cm³/mol. The van der Waals surface area contributed by atoms with E-state index in [1.165, 1.54) is 6.20 Å². The number of hydrogen-bond donors (Lipinski definition) is 2. The molecule has 2 fully saturated rings. The van der Waals surface area contributed by atoms with Crippen LogP contribution < -0.4 is 10.6 Å². The number of aryl methyl sites for hydroxylation is 1. The van der Waals surface area contributed by atoms with Crippen LogP contribution in [0.15, 0.2) is 55.1 Å². The summed E-state index contributed by atoms with van der Waals surface area (Å²) in [5.74, 6) is 1.19. The van der Waals surface area contributed by atoms with Crippen molar-refractivity contribution < 1.29 is 9.59 Å². The Bertz CT molecular complexity index is 1510. The number of anilines is 2. The van der Waals surface area contributed by atoms with E-state index < -0.39 is 0 Å². The van der Waals surface area contributed by atoms with Gasteiger partial charge in [-0.05, 0) is 62.9 Å². The van der Waals surface area contributed by atoms with Crippen molar-refractivity contribution in [3.05, 3.63) is 72.1 Å². The van der Waals surface area contributed by atoms with Gasteiger partial charge in [-0.25, -0.2) is 15.0 Å². The fourth-order valence-electron chi connectivity index (χ4n) is 4.00. The summed E-state index contributed by atoms with van der Waals surface area (Å²) in [5, 5.41) is 13.9. The highest BCUT2D eigenvalue weighted by molar-refractivity contribution is 6.04. The Labute approximate surface area is 213 Å². The topological polar surface area (TPSA) is 136 Å². The van der Waals surface area contributed by atoms with Gasteiger partial charge in [-0.15, -0.1) is 0 Å². The summed E-state index contributed by atoms with van der Waals surface area (Å²) >= 11 is 0. The summed E-state index contributed by atoms with van der Waals surface area (Å²) in [6, 6.07) is 9.04. The van der Waals surface area contributed by atoms with Gasteiger partial charge >= 0.3 is 0 Å². The molecule has 2 amide bonds. The minimum atomic E-state index is -0.277. The first-order chi connectivity index (χ1) is 18.0. The number of hydrogen-bond acceptors (Lipinski definition) is 8. The van der Waals surface area contributed by atoms with E-state index in [2.05, 4.69) is 35.8 Å². The Morgan fingerprint density at radius 3 is 2.57 bits per heavy atom. The number of aromatic nitrogens is 6. The Hall–Kier alpha value is -4.60. The number of nitrogens with zero attached hydrogens (tertiary/aromatic N) is 6. The van der Waals surface area contributed by atoms with E-state index in [9.17, 15) is 9.59 Å². The van der Waals surface area contributed by atoms with E-state index in [-0.39, 0.29) is 17.7 Å². The van der Waals surface area contributed by atoms with Crippen molar-refractivity contribution in [3.63, 3.8) is 0 Å². The zero-order chi connectivity index (χ0) is 25.4. The number of carbonyl (C=O) groups is 2. The molecule has 4 aromatic rings. The van der Waals surface area contributed by atoms with Crippen LogP contribution in [0.5, 0.6) is 0 Å². The van der Waals surface area contributed by atoms with Crippen LogP contribution in [-0.2, 0) is 4.79 Å². The lowest BCUT2D eigenvalue weighted by Crippen LogP contribution is -2.14. The first kappa shape index (κ1) is 22.8. The second-order valence-corrected chi connectivity index (χ2v) is 9.41. The number of carbonyl (C=O) groups excluding carboxylic acids is 2. The highest BCUT2D eigenvalue weighted by Crippen LogP contribution is 2.38. The fraction of sp³-hybridized carbons (Fsp3) is 0.259. The molecule has 184 valence electrons. The standard InChI is InChI=1S/C27H24N8O2/c1-15-21(12-20(14-30-15)32-27(37)19-10-23(16-2-3-16)35-31-13-19)25-29-9-7-22(33-25)18-6-8-28-24(11-18)34-26(36)17-4-5-17/h6-14,16-17H,2-5H2,1H3,(H,32,37)(H,28,34,36). The van der Waals surface area contributed by atoms with Gasteiger partial charge in [-0.3, -0.25) is 14.6 Å². The average Bonchev–Trinajstić information content (AvgIpc) is 3.83. The Morgan fingerprint density at radius 2 is 1.76 bits per heavy atom. The predicted octanol–water partition coefficient (Wildman–Crippen LogP) is 4.18. The van der Waals surface area contributed by atoms with Gasteiger partial charge < -0.3 is 10.6 Å². The summed E-state index contributed by atoms with van der Waals surface area (Å²) in [5.41, 5.74) is 4.74. The lowest BCUT2D eigenvalue weighted by Gasteiger charge is -2.10. The van der Waals surface area contributed by atoms with Crippen LogP contribution in [0.3, 0.4) is 0 Å². The molecule has 37 heavy (non-hydrogen) atoms. The van der Waals surface area contributed by atoms with E-state index in [4.69, 9.17) is 4.98 Å². The maximum absolute atomic E-state index is 12.9. The van der Waals surface area contributed by atoms with E-state index in [1.54, 1.807) is 36.8 Å². The monoisotopic (exact) mass is 492 g/mol. The summed E-state index contributed by atoms with van der Waals surface area (Å²) in [6.07, 6.45) is 10.4. The minimum Gasteiger partial charge on any atom is -0.321 e. The largest absolute Gasteiger partial charge is 0.321 e. The Balaban J connectivity index is 1.24. The molecule has 4 aromatic heterocycles. The van der Waals surface area contributed by atoms with Crippen molar-refractivity contribution in [2.75, 3.05) is 10.6 Å². The molecule has 0 saturated heterocycles. The molecule has 0 unspecified atom stereocenters. The smallest absolute Gasteiger partial charge is 0.257 e. The highest BCUT2D eigenvalue weighted by Gasteiger charge is 2.30. The molecule has 4 heterocycles. The van der Waals surface area contributed by atoms with Crippen molar-refractivity contribution in [3.8, 4) is 22.6 Å². The first-order valence-corrected chi connectivity index (χ1v) is 12.2. The molecule has 2 N–H and O–H groups in total. The summed E-state index contributed by atoms with van der Waals surface area (Å²) < 4.78 is 0. The second-order valence-electron chi connectivity index (χ2n) is 9.41. The van der Waals surface area contributed by atoms with Crippen LogP contribution in [0.25, 0.3) is 22.6 Å².